The molecule has 0 aliphatic carbocycles. The molecule has 0 heterocycles. The van der Waals surface area contributed by atoms with E-state index in [4.69, 9.17) is 9.47 Å². The van der Waals surface area contributed by atoms with Crippen LogP contribution in [0.15, 0.2) is 91.0 Å². The van der Waals surface area contributed by atoms with Crippen LogP contribution >= 0.6 is 0 Å². The molecular formula is C27H28NO2+. The lowest BCUT2D eigenvalue weighted by Crippen LogP contribution is -3.06. The number of benzene rings is 4. The molecule has 1 atom stereocenters. The minimum Gasteiger partial charge on any atom is -0.493 e. The molecule has 3 heteroatoms. The smallest absolute Gasteiger partial charge is 0.161 e. The summed E-state index contributed by atoms with van der Waals surface area (Å²) in [7, 11) is 3.93. The quantitative estimate of drug-likeness (QED) is 0.467. The molecule has 152 valence electrons. The zero-order chi connectivity index (χ0) is 20.8. The SMILES string of the molecule is COc1cc(C[NH+](C)Cc2cccc3ccccc23)ccc1OCc1ccccc1. The van der Waals surface area contributed by atoms with Crippen molar-refractivity contribution in [1.29, 1.82) is 0 Å². The third-order valence-electron chi connectivity index (χ3n) is 5.34. The van der Waals surface area contributed by atoms with E-state index in [0.717, 1.165) is 30.2 Å². The first kappa shape index (κ1) is 20.0. The van der Waals surface area contributed by atoms with Gasteiger partial charge in [0, 0.05) is 11.1 Å². The molecule has 0 fully saturated rings. The van der Waals surface area contributed by atoms with Crippen molar-refractivity contribution in [3.05, 3.63) is 108 Å². The molecule has 0 aliphatic rings. The van der Waals surface area contributed by atoms with Crippen LogP contribution in [0.25, 0.3) is 10.8 Å². The van der Waals surface area contributed by atoms with E-state index in [1.165, 1.54) is 26.8 Å². The van der Waals surface area contributed by atoms with E-state index in [1.807, 2.05) is 24.3 Å². The Labute approximate surface area is 178 Å². The van der Waals surface area contributed by atoms with Gasteiger partial charge in [-0.2, -0.15) is 0 Å². The largest absolute Gasteiger partial charge is 0.493 e. The Hall–Kier alpha value is -3.30. The Kier molecular flexibility index (Phi) is 6.31. The van der Waals surface area contributed by atoms with Crippen molar-refractivity contribution in [1.82, 2.24) is 0 Å². The molecule has 4 rings (SSSR count). The molecule has 4 aromatic rings. The molecule has 30 heavy (non-hydrogen) atoms. The molecule has 0 saturated heterocycles. The van der Waals surface area contributed by atoms with Crippen LogP contribution < -0.4 is 14.4 Å². The number of hydrogen-bond acceptors (Lipinski definition) is 2. The highest BCUT2D eigenvalue weighted by molar-refractivity contribution is 5.85. The zero-order valence-corrected chi connectivity index (χ0v) is 17.6. The maximum absolute atomic E-state index is 5.99. The Balaban J connectivity index is 1.43. The highest BCUT2D eigenvalue weighted by Gasteiger charge is 2.11. The fourth-order valence-electron chi connectivity index (χ4n) is 3.86. The van der Waals surface area contributed by atoms with Gasteiger partial charge in [-0.25, -0.2) is 0 Å². The third kappa shape index (κ3) is 4.81. The minimum atomic E-state index is 0.531. The summed E-state index contributed by atoms with van der Waals surface area (Å²) >= 11 is 0. The Morgan fingerprint density at radius 3 is 2.30 bits per heavy atom. The molecule has 1 unspecified atom stereocenters. The van der Waals surface area contributed by atoms with Crippen molar-refractivity contribution in [3.63, 3.8) is 0 Å². The molecule has 3 nitrogen and oxygen atoms in total. The monoisotopic (exact) mass is 398 g/mol. The van der Waals surface area contributed by atoms with Gasteiger partial charge in [0.15, 0.2) is 11.5 Å². The summed E-state index contributed by atoms with van der Waals surface area (Å²) < 4.78 is 11.6. The second kappa shape index (κ2) is 9.47. The van der Waals surface area contributed by atoms with Crippen molar-refractivity contribution in [2.75, 3.05) is 14.2 Å². The van der Waals surface area contributed by atoms with Gasteiger partial charge >= 0.3 is 0 Å². The van der Waals surface area contributed by atoms with Crippen molar-refractivity contribution in [2.45, 2.75) is 19.7 Å². The first-order chi connectivity index (χ1) is 14.7. The topological polar surface area (TPSA) is 22.9 Å². The highest BCUT2D eigenvalue weighted by Crippen LogP contribution is 2.28. The summed E-state index contributed by atoms with van der Waals surface area (Å²) in [5, 5.41) is 2.63. The van der Waals surface area contributed by atoms with E-state index in [-0.39, 0.29) is 0 Å². The summed E-state index contributed by atoms with van der Waals surface area (Å²) in [6.07, 6.45) is 0. The molecule has 4 aromatic carbocycles. The maximum atomic E-state index is 5.99. The molecule has 0 aliphatic heterocycles. The van der Waals surface area contributed by atoms with E-state index in [1.54, 1.807) is 7.11 Å². The van der Waals surface area contributed by atoms with Gasteiger partial charge in [-0.15, -0.1) is 0 Å². The van der Waals surface area contributed by atoms with Crippen molar-refractivity contribution in [3.8, 4) is 11.5 Å². The van der Waals surface area contributed by atoms with Crippen molar-refractivity contribution < 1.29 is 14.4 Å². The predicted molar refractivity (Wildman–Crippen MR) is 122 cm³/mol. The summed E-state index contributed by atoms with van der Waals surface area (Å²) in [4.78, 5) is 1.42. The molecule has 0 spiro atoms. The average molecular weight is 399 g/mol. The number of nitrogens with one attached hydrogen (secondary N) is 1. The molecule has 1 N–H and O–H groups in total. The van der Waals surface area contributed by atoms with Gasteiger partial charge in [-0.1, -0.05) is 72.8 Å². The number of quaternary nitrogens is 1. The number of hydrogen-bond donors (Lipinski definition) is 1. The summed E-state index contributed by atoms with van der Waals surface area (Å²) in [5.41, 5.74) is 3.75. The Morgan fingerprint density at radius 2 is 1.47 bits per heavy atom. The zero-order valence-electron chi connectivity index (χ0n) is 17.6. The minimum absolute atomic E-state index is 0.531. The Morgan fingerprint density at radius 1 is 0.700 bits per heavy atom. The second-order valence-corrected chi connectivity index (χ2v) is 7.71. The normalized spacial score (nSPS) is 11.9. The fraction of sp³-hybridized carbons (Fsp3) is 0.185. The second-order valence-electron chi connectivity index (χ2n) is 7.71. The van der Waals surface area contributed by atoms with Crippen LogP contribution in [0.5, 0.6) is 11.5 Å². The van der Waals surface area contributed by atoms with Gasteiger partial charge < -0.3 is 14.4 Å². The van der Waals surface area contributed by atoms with Gasteiger partial charge in [0.2, 0.25) is 0 Å². The van der Waals surface area contributed by atoms with E-state index in [9.17, 15) is 0 Å². The third-order valence-corrected chi connectivity index (χ3v) is 5.34. The number of ether oxygens (including phenoxy) is 2. The van der Waals surface area contributed by atoms with Gasteiger partial charge in [-0.3, -0.25) is 0 Å². The predicted octanol–water partition coefficient (Wildman–Crippen LogP) is 4.64. The molecule has 0 saturated carbocycles. The summed E-state index contributed by atoms with van der Waals surface area (Å²) in [6, 6.07) is 31.6. The number of methoxy groups -OCH3 is 1. The first-order valence-corrected chi connectivity index (χ1v) is 10.3. The molecule has 0 radical (unpaired) electrons. The number of rotatable bonds is 8. The molecular weight excluding hydrogens is 370 g/mol. The van der Waals surface area contributed by atoms with Crippen LogP contribution in [0.3, 0.4) is 0 Å². The lowest BCUT2D eigenvalue weighted by Gasteiger charge is -2.17. The standard InChI is InChI=1S/C27H27NO2/c1-28(19-24-13-8-12-23-11-6-7-14-25(23)24)18-22-15-16-26(27(17-22)29-2)30-20-21-9-4-3-5-10-21/h3-17H,18-20H2,1-2H3/p+1. The van der Waals surface area contributed by atoms with Crippen molar-refractivity contribution in [2.24, 2.45) is 0 Å². The fourth-order valence-corrected chi connectivity index (χ4v) is 3.86. The van der Waals surface area contributed by atoms with Crippen LogP contribution in [-0.2, 0) is 19.7 Å². The lowest BCUT2D eigenvalue weighted by molar-refractivity contribution is -0.907. The van der Waals surface area contributed by atoms with Crippen LogP contribution in [0.4, 0.5) is 0 Å². The van der Waals surface area contributed by atoms with Crippen LogP contribution in [-0.4, -0.2) is 14.2 Å². The van der Waals surface area contributed by atoms with Crippen LogP contribution in [0.1, 0.15) is 16.7 Å². The van der Waals surface area contributed by atoms with E-state index < -0.39 is 0 Å². The van der Waals surface area contributed by atoms with Gasteiger partial charge in [0.05, 0.1) is 14.2 Å². The number of fused-ring (bicyclic) bond motifs is 1. The molecule has 0 aromatic heterocycles. The Bertz CT molecular complexity index is 1100. The molecule has 0 amide bonds. The lowest BCUT2D eigenvalue weighted by atomic mass is 10.0. The van der Waals surface area contributed by atoms with Crippen LogP contribution in [0, 0.1) is 0 Å². The first-order valence-electron chi connectivity index (χ1n) is 10.3. The van der Waals surface area contributed by atoms with E-state index in [2.05, 4.69) is 73.8 Å². The average Bonchev–Trinajstić information content (AvgIpc) is 2.79. The van der Waals surface area contributed by atoms with Crippen molar-refractivity contribution >= 4 is 10.8 Å². The van der Waals surface area contributed by atoms with E-state index >= 15 is 0 Å². The molecule has 0 bridgehead atoms. The summed E-state index contributed by atoms with van der Waals surface area (Å²) in [6.45, 7) is 2.41. The van der Waals surface area contributed by atoms with Gasteiger partial charge in [-0.05, 0) is 34.5 Å². The summed E-state index contributed by atoms with van der Waals surface area (Å²) in [5.74, 6) is 1.55. The van der Waals surface area contributed by atoms with Gasteiger partial charge in [0.25, 0.3) is 0 Å². The van der Waals surface area contributed by atoms with E-state index in [0.29, 0.717) is 6.61 Å². The van der Waals surface area contributed by atoms with Gasteiger partial charge in [0.1, 0.15) is 19.7 Å². The highest BCUT2D eigenvalue weighted by atomic mass is 16.5. The maximum Gasteiger partial charge on any atom is 0.161 e. The van der Waals surface area contributed by atoms with Crippen LogP contribution in [0.2, 0.25) is 0 Å².